The first-order valence-electron chi connectivity index (χ1n) is 13.3. The zero-order valence-electron chi connectivity index (χ0n) is 23.3. The molecule has 4 N–H and O–H groups in total. The highest BCUT2D eigenvalue weighted by Gasteiger charge is 2.26. The summed E-state index contributed by atoms with van der Waals surface area (Å²) in [6.07, 6.45) is 3.72. The fourth-order valence-corrected chi connectivity index (χ4v) is 4.62. The van der Waals surface area contributed by atoms with Crippen molar-refractivity contribution in [3.63, 3.8) is 0 Å². The van der Waals surface area contributed by atoms with Gasteiger partial charge in [0.1, 0.15) is 5.60 Å². The highest BCUT2D eigenvalue weighted by atomic mass is 35.5. The van der Waals surface area contributed by atoms with Crippen LogP contribution in [-0.2, 0) is 9.47 Å². The summed E-state index contributed by atoms with van der Waals surface area (Å²) in [5.41, 5.74) is 7.11. The lowest BCUT2D eigenvalue weighted by molar-refractivity contribution is 0.0636. The van der Waals surface area contributed by atoms with Gasteiger partial charge in [0.2, 0.25) is 0 Å². The molecule has 2 amide bonds. The van der Waals surface area contributed by atoms with Crippen LogP contribution in [0.3, 0.4) is 0 Å². The van der Waals surface area contributed by atoms with Crippen LogP contribution in [0.25, 0.3) is 0 Å². The number of benzene rings is 2. The van der Waals surface area contributed by atoms with Crippen molar-refractivity contribution in [2.45, 2.75) is 39.2 Å². The van der Waals surface area contributed by atoms with Crippen LogP contribution in [-0.4, -0.2) is 48.3 Å². The number of carbonyl (C=O) groups excluding carboxylic acids is 3. The van der Waals surface area contributed by atoms with Crippen molar-refractivity contribution in [2.24, 2.45) is 5.92 Å². The molecular formula is C30H34ClN5O5. The standard InChI is InChI=1S/C30H34ClN5O5/c1-30(2,3)41-29(39)34-24-9-8-23(32)26(25(24)27(37)20-4-6-21(31)7-5-20)35-28(38)40-18-19-12-16-36(17-13-19)22-10-14-33-15-11-22/h4-11,14-15,19H,12-13,16-18,32H2,1-3H3,(H,34,39)(H,35,38). The SMILES string of the molecule is CC(C)(C)OC(=O)Nc1ccc(N)c(NC(=O)OCC2CCN(c3ccncc3)CC2)c1C(=O)c1ccc(Cl)cc1. The van der Waals surface area contributed by atoms with Gasteiger partial charge in [-0.1, -0.05) is 11.6 Å². The molecule has 3 aromatic rings. The van der Waals surface area contributed by atoms with E-state index in [-0.39, 0.29) is 40.7 Å². The Kier molecular flexibility index (Phi) is 9.34. The van der Waals surface area contributed by atoms with Crippen LogP contribution in [0.15, 0.2) is 60.9 Å². The van der Waals surface area contributed by atoms with Crippen molar-refractivity contribution < 1.29 is 23.9 Å². The second kappa shape index (κ2) is 12.9. The molecule has 0 unspecified atom stereocenters. The Morgan fingerprint density at radius 1 is 0.976 bits per heavy atom. The Bertz CT molecular complexity index is 1380. The van der Waals surface area contributed by atoms with Crippen molar-refractivity contribution in [3.05, 3.63) is 77.1 Å². The maximum absolute atomic E-state index is 13.7. The first-order chi connectivity index (χ1) is 19.5. The molecule has 1 aliphatic rings. The van der Waals surface area contributed by atoms with E-state index < -0.39 is 23.6 Å². The smallest absolute Gasteiger partial charge is 0.412 e. The summed E-state index contributed by atoms with van der Waals surface area (Å²) in [6, 6.07) is 13.2. The summed E-state index contributed by atoms with van der Waals surface area (Å²) in [7, 11) is 0. The Morgan fingerprint density at radius 3 is 2.27 bits per heavy atom. The number of ketones is 1. The predicted octanol–water partition coefficient (Wildman–Crippen LogP) is 6.36. The molecule has 11 heteroatoms. The number of aromatic nitrogens is 1. The van der Waals surface area contributed by atoms with Crippen LogP contribution < -0.4 is 21.3 Å². The second-order valence-corrected chi connectivity index (χ2v) is 11.2. The lowest BCUT2D eigenvalue weighted by Crippen LogP contribution is -2.35. The molecular weight excluding hydrogens is 546 g/mol. The number of hydrogen-bond acceptors (Lipinski definition) is 8. The second-order valence-electron chi connectivity index (χ2n) is 10.8. The molecule has 4 rings (SSSR count). The van der Waals surface area contributed by atoms with Crippen molar-refractivity contribution in [1.29, 1.82) is 0 Å². The van der Waals surface area contributed by atoms with E-state index in [1.54, 1.807) is 57.4 Å². The number of nitrogens with two attached hydrogens (primary N) is 1. The number of nitrogens with zero attached hydrogens (tertiary/aromatic N) is 2. The summed E-state index contributed by atoms with van der Waals surface area (Å²) in [5, 5.41) is 5.69. The van der Waals surface area contributed by atoms with Crippen LogP contribution >= 0.6 is 11.6 Å². The molecule has 0 radical (unpaired) electrons. The maximum atomic E-state index is 13.7. The maximum Gasteiger partial charge on any atom is 0.412 e. The molecule has 1 fully saturated rings. The van der Waals surface area contributed by atoms with Gasteiger partial charge in [0.15, 0.2) is 5.78 Å². The molecule has 0 bridgehead atoms. The molecule has 0 aliphatic carbocycles. The normalized spacial score (nSPS) is 13.8. The van der Waals surface area contributed by atoms with Crippen LogP contribution in [0.1, 0.15) is 49.5 Å². The number of pyridine rings is 1. The summed E-state index contributed by atoms with van der Waals surface area (Å²) >= 11 is 6.00. The summed E-state index contributed by atoms with van der Waals surface area (Å²) in [4.78, 5) is 45.5. The molecule has 41 heavy (non-hydrogen) atoms. The van der Waals surface area contributed by atoms with Gasteiger partial charge in [-0.15, -0.1) is 0 Å². The quantitative estimate of drug-likeness (QED) is 0.217. The van der Waals surface area contributed by atoms with Crippen molar-refractivity contribution >= 4 is 52.3 Å². The first kappa shape index (κ1) is 29.7. The number of ether oxygens (including phenoxy) is 2. The predicted molar refractivity (Wildman–Crippen MR) is 160 cm³/mol. The van der Waals surface area contributed by atoms with E-state index in [9.17, 15) is 14.4 Å². The Balaban J connectivity index is 1.49. The highest BCUT2D eigenvalue weighted by molar-refractivity contribution is 6.30. The fourth-order valence-electron chi connectivity index (χ4n) is 4.50. The van der Waals surface area contributed by atoms with E-state index >= 15 is 0 Å². The van der Waals surface area contributed by atoms with E-state index in [2.05, 4.69) is 20.5 Å². The number of nitrogens with one attached hydrogen (secondary N) is 2. The number of carbonyl (C=O) groups is 3. The molecule has 1 aromatic heterocycles. The van der Waals surface area contributed by atoms with Crippen LogP contribution in [0.5, 0.6) is 0 Å². The molecule has 216 valence electrons. The lowest BCUT2D eigenvalue weighted by Gasteiger charge is -2.33. The average molecular weight is 580 g/mol. The van der Waals surface area contributed by atoms with Gasteiger partial charge in [-0.05, 0) is 88.1 Å². The van der Waals surface area contributed by atoms with E-state index in [0.717, 1.165) is 31.6 Å². The average Bonchev–Trinajstić information content (AvgIpc) is 2.93. The highest BCUT2D eigenvalue weighted by Crippen LogP contribution is 2.34. The molecule has 1 saturated heterocycles. The molecule has 0 saturated carbocycles. The molecule has 2 aromatic carbocycles. The van der Waals surface area contributed by atoms with Crippen molar-refractivity contribution in [2.75, 3.05) is 41.0 Å². The van der Waals surface area contributed by atoms with Gasteiger partial charge in [0.05, 0.1) is 29.2 Å². The van der Waals surface area contributed by atoms with E-state index in [4.69, 9.17) is 26.8 Å². The van der Waals surface area contributed by atoms with E-state index in [1.807, 2.05) is 12.1 Å². The Hall–Kier alpha value is -4.31. The number of piperidine rings is 1. The minimum absolute atomic E-state index is 0.0132. The zero-order valence-corrected chi connectivity index (χ0v) is 24.0. The minimum Gasteiger partial charge on any atom is -0.449 e. The van der Waals surface area contributed by atoms with Gasteiger partial charge in [0.25, 0.3) is 0 Å². The molecule has 2 heterocycles. The van der Waals surface area contributed by atoms with Crippen molar-refractivity contribution in [3.8, 4) is 0 Å². The van der Waals surface area contributed by atoms with Gasteiger partial charge >= 0.3 is 12.2 Å². The molecule has 1 aliphatic heterocycles. The minimum atomic E-state index is -0.766. The van der Waals surface area contributed by atoms with Gasteiger partial charge in [0, 0.05) is 41.8 Å². The number of amides is 2. The van der Waals surface area contributed by atoms with E-state index in [0.29, 0.717) is 5.02 Å². The Labute approximate surface area is 244 Å². The lowest BCUT2D eigenvalue weighted by atomic mass is 9.97. The summed E-state index contributed by atoms with van der Waals surface area (Å²) < 4.78 is 10.9. The van der Waals surface area contributed by atoms with Crippen LogP contribution in [0, 0.1) is 5.92 Å². The zero-order chi connectivity index (χ0) is 29.6. The van der Waals surface area contributed by atoms with Crippen LogP contribution in [0.2, 0.25) is 5.02 Å². The number of anilines is 4. The number of hydrogen-bond donors (Lipinski definition) is 3. The third kappa shape index (κ3) is 8.11. The first-order valence-corrected chi connectivity index (χ1v) is 13.7. The van der Waals surface area contributed by atoms with Gasteiger partial charge in [-0.3, -0.25) is 20.4 Å². The largest absolute Gasteiger partial charge is 0.449 e. The van der Waals surface area contributed by atoms with Crippen LogP contribution in [0.4, 0.5) is 32.3 Å². The third-order valence-electron chi connectivity index (χ3n) is 6.53. The van der Waals surface area contributed by atoms with Gasteiger partial charge in [-0.25, -0.2) is 9.59 Å². The van der Waals surface area contributed by atoms with Gasteiger partial charge in [-0.2, -0.15) is 0 Å². The fraction of sp³-hybridized carbons (Fsp3) is 0.333. The van der Waals surface area contributed by atoms with E-state index in [1.165, 1.54) is 12.1 Å². The summed E-state index contributed by atoms with van der Waals surface area (Å²) in [6.45, 7) is 7.06. The third-order valence-corrected chi connectivity index (χ3v) is 6.78. The number of rotatable bonds is 7. The summed E-state index contributed by atoms with van der Waals surface area (Å²) in [5.74, 6) is -0.301. The monoisotopic (exact) mass is 579 g/mol. The van der Waals surface area contributed by atoms with Crippen molar-refractivity contribution in [1.82, 2.24) is 4.98 Å². The molecule has 0 spiro atoms. The number of nitrogen functional groups attached to an aromatic ring is 1. The molecule has 10 nitrogen and oxygen atoms in total. The van der Waals surface area contributed by atoms with Gasteiger partial charge < -0.3 is 20.1 Å². The Morgan fingerprint density at radius 2 is 1.63 bits per heavy atom. The molecule has 0 atom stereocenters. The topological polar surface area (TPSA) is 136 Å². The number of halogens is 1.